The van der Waals surface area contributed by atoms with Crippen molar-refractivity contribution in [1.29, 1.82) is 0 Å². The molecular formula is C15H22Cl2N2O. The first-order valence-corrected chi connectivity index (χ1v) is 7.14. The van der Waals surface area contributed by atoms with Crippen molar-refractivity contribution in [3.8, 4) is 0 Å². The predicted molar refractivity (Wildman–Crippen MR) is 85.8 cm³/mol. The zero-order valence-corrected chi connectivity index (χ0v) is 13.5. The minimum absolute atomic E-state index is 0. The van der Waals surface area contributed by atoms with E-state index in [9.17, 15) is 4.79 Å². The van der Waals surface area contributed by atoms with Crippen molar-refractivity contribution in [2.75, 3.05) is 13.1 Å². The quantitative estimate of drug-likeness (QED) is 0.896. The van der Waals surface area contributed by atoms with Crippen LogP contribution in [0.1, 0.15) is 32.3 Å². The number of hydrogen-bond donors (Lipinski definition) is 2. The average Bonchev–Trinajstić information content (AvgIpc) is 2.90. The summed E-state index contributed by atoms with van der Waals surface area (Å²) in [6.07, 6.45) is 2.01. The molecule has 1 unspecified atom stereocenters. The summed E-state index contributed by atoms with van der Waals surface area (Å²) in [4.78, 5) is 12.0. The molecule has 1 saturated heterocycles. The topological polar surface area (TPSA) is 41.1 Å². The second-order valence-electron chi connectivity index (χ2n) is 5.76. The first kappa shape index (κ1) is 17.3. The van der Waals surface area contributed by atoms with Gasteiger partial charge in [0.15, 0.2) is 0 Å². The number of hydrogen-bond acceptors (Lipinski definition) is 2. The van der Waals surface area contributed by atoms with Crippen LogP contribution in [0.15, 0.2) is 24.3 Å². The Bertz CT molecular complexity index is 457. The van der Waals surface area contributed by atoms with Gasteiger partial charge in [-0.1, -0.05) is 37.6 Å². The maximum atomic E-state index is 12.0. The van der Waals surface area contributed by atoms with Crippen molar-refractivity contribution < 1.29 is 4.79 Å². The fourth-order valence-corrected chi connectivity index (χ4v) is 2.54. The molecular weight excluding hydrogens is 295 g/mol. The zero-order valence-electron chi connectivity index (χ0n) is 11.9. The van der Waals surface area contributed by atoms with Crippen molar-refractivity contribution >= 4 is 29.9 Å². The van der Waals surface area contributed by atoms with E-state index in [0.717, 1.165) is 30.0 Å². The van der Waals surface area contributed by atoms with E-state index < -0.39 is 0 Å². The van der Waals surface area contributed by atoms with E-state index in [4.69, 9.17) is 11.6 Å². The molecule has 1 amide bonds. The van der Waals surface area contributed by atoms with Crippen molar-refractivity contribution in [2.45, 2.75) is 38.1 Å². The molecule has 0 aromatic heterocycles. The van der Waals surface area contributed by atoms with E-state index in [1.54, 1.807) is 0 Å². The van der Waals surface area contributed by atoms with Gasteiger partial charge in [-0.3, -0.25) is 4.79 Å². The highest BCUT2D eigenvalue weighted by molar-refractivity contribution is 6.30. The van der Waals surface area contributed by atoms with Gasteiger partial charge < -0.3 is 10.6 Å². The molecule has 0 saturated carbocycles. The zero-order chi connectivity index (χ0) is 13.9. The van der Waals surface area contributed by atoms with Gasteiger partial charge in [0, 0.05) is 17.0 Å². The van der Waals surface area contributed by atoms with E-state index in [1.807, 2.05) is 24.3 Å². The number of benzene rings is 1. The smallest absolute Gasteiger partial charge is 0.237 e. The van der Waals surface area contributed by atoms with Gasteiger partial charge in [-0.25, -0.2) is 0 Å². The number of rotatable bonds is 4. The summed E-state index contributed by atoms with van der Waals surface area (Å²) in [5.74, 6) is 0.104. The maximum Gasteiger partial charge on any atom is 0.237 e. The van der Waals surface area contributed by atoms with Gasteiger partial charge in [0.2, 0.25) is 5.91 Å². The summed E-state index contributed by atoms with van der Waals surface area (Å²) in [7, 11) is 0. The first-order chi connectivity index (χ1) is 8.99. The fraction of sp³-hybridized carbons (Fsp3) is 0.533. The van der Waals surface area contributed by atoms with E-state index in [0.29, 0.717) is 6.54 Å². The lowest BCUT2D eigenvalue weighted by molar-refractivity contribution is -0.123. The lowest BCUT2D eigenvalue weighted by Gasteiger charge is -2.26. The van der Waals surface area contributed by atoms with Gasteiger partial charge >= 0.3 is 0 Å². The molecule has 1 aromatic carbocycles. The van der Waals surface area contributed by atoms with Crippen molar-refractivity contribution in [2.24, 2.45) is 0 Å². The predicted octanol–water partition coefficient (Wildman–Crippen LogP) is 2.91. The van der Waals surface area contributed by atoms with Crippen LogP contribution in [0, 0.1) is 0 Å². The van der Waals surface area contributed by atoms with E-state index in [2.05, 4.69) is 24.5 Å². The molecule has 1 atom stereocenters. The Morgan fingerprint density at radius 3 is 2.85 bits per heavy atom. The van der Waals surface area contributed by atoms with Gasteiger partial charge in [0.25, 0.3) is 0 Å². The van der Waals surface area contributed by atoms with Crippen molar-refractivity contribution in [3.05, 3.63) is 34.9 Å². The molecule has 1 aliphatic rings. The molecule has 0 radical (unpaired) electrons. The summed E-state index contributed by atoms with van der Waals surface area (Å²) in [6, 6.07) is 7.80. The summed E-state index contributed by atoms with van der Waals surface area (Å²) in [5, 5.41) is 6.98. The van der Waals surface area contributed by atoms with Crippen LogP contribution in [-0.4, -0.2) is 25.0 Å². The average molecular weight is 317 g/mol. The molecule has 3 nitrogen and oxygen atoms in total. The molecule has 0 aliphatic carbocycles. The highest BCUT2D eigenvalue weighted by Crippen LogP contribution is 2.24. The van der Waals surface area contributed by atoms with Gasteiger partial charge in [-0.05, 0) is 37.1 Å². The standard InChI is InChI=1S/C15H21ClN2O.ClH/c1-15(2,11-5-3-6-12(16)9-11)10-18-14(19)13-7-4-8-17-13;/h3,5-6,9,13,17H,4,7-8,10H2,1-2H3,(H,18,19);1H. The molecule has 1 heterocycles. The Balaban J connectivity index is 0.00000200. The number of amides is 1. The monoisotopic (exact) mass is 316 g/mol. The Morgan fingerprint density at radius 1 is 1.50 bits per heavy atom. The lowest BCUT2D eigenvalue weighted by atomic mass is 9.84. The van der Waals surface area contributed by atoms with Crippen LogP contribution in [0.3, 0.4) is 0 Å². The molecule has 0 spiro atoms. The van der Waals surface area contributed by atoms with Crippen LogP contribution >= 0.6 is 24.0 Å². The third-order valence-corrected chi connectivity index (χ3v) is 3.92. The van der Waals surface area contributed by atoms with E-state index >= 15 is 0 Å². The van der Waals surface area contributed by atoms with Gasteiger partial charge in [0.1, 0.15) is 0 Å². The van der Waals surface area contributed by atoms with Crippen LogP contribution in [-0.2, 0) is 10.2 Å². The molecule has 2 N–H and O–H groups in total. The second kappa shape index (κ2) is 7.30. The molecule has 1 aliphatic heterocycles. The SMILES string of the molecule is CC(C)(CNC(=O)C1CCCN1)c1cccc(Cl)c1.Cl. The van der Waals surface area contributed by atoms with Gasteiger partial charge in [0.05, 0.1) is 6.04 Å². The normalized spacial score (nSPS) is 18.4. The van der Waals surface area contributed by atoms with Crippen LogP contribution in [0.25, 0.3) is 0 Å². The Morgan fingerprint density at radius 2 is 2.25 bits per heavy atom. The van der Waals surface area contributed by atoms with Crippen molar-refractivity contribution in [1.82, 2.24) is 10.6 Å². The Hall–Kier alpha value is -0.770. The van der Waals surface area contributed by atoms with Crippen molar-refractivity contribution in [3.63, 3.8) is 0 Å². The van der Waals surface area contributed by atoms with Gasteiger partial charge in [-0.2, -0.15) is 0 Å². The van der Waals surface area contributed by atoms with E-state index in [1.165, 1.54) is 0 Å². The largest absolute Gasteiger partial charge is 0.354 e. The summed E-state index contributed by atoms with van der Waals surface area (Å²) in [5.41, 5.74) is 1.01. The maximum absolute atomic E-state index is 12.0. The number of carbonyl (C=O) groups excluding carboxylic acids is 1. The minimum atomic E-state index is -0.126. The molecule has 1 aromatic rings. The second-order valence-corrected chi connectivity index (χ2v) is 6.20. The number of nitrogens with one attached hydrogen (secondary N) is 2. The molecule has 0 bridgehead atoms. The van der Waals surface area contributed by atoms with Crippen LogP contribution in [0.4, 0.5) is 0 Å². The summed E-state index contributed by atoms with van der Waals surface area (Å²) < 4.78 is 0. The van der Waals surface area contributed by atoms with Gasteiger partial charge in [-0.15, -0.1) is 12.4 Å². The van der Waals surface area contributed by atoms with E-state index in [-0.39, 0.29) is 29.8 Å². The Labute approximate surface area is 131 Å². The highest BCUT2D eigenvalue weighted by Gasteiger charge is 2.26. The summed E-state index contributed by atoms with van der Waals surface area (Å²) in [6.45, 7) is 5.78. The Kier molecular flexibility index (Phi) is 6.31. The third kappa shape index (κ3) is 4.37. The van der Waals surface area contributed by atoms with Crippen LogP contribution < -0.4 is 10.6 Å². The molecule has 2 rings (SSSR count). The third-order valence-electron chi connectivity index (χ3n) is 3.69. The summed E-state index contributed by atoms with van der Waals surface area (Å²) >= 11 is 6.02. The lowest BCUT2D eigenvalue weighted by Crippen LogP contribution is -2.45. The molecule has 5 heteroatoms. The highest BCUT2D eigenvalue weighted by atomic mass is 35.5. The van der Waals surface area contributed by atoms with Crippen LogP contribution in [0.2, 0.25) is 5.02 Å². The molecule has 1 fully saturated rings. The van der Waals surface area contributed by atoms with Crippen LogP contribution in [0.5, 0.6) is 0 Å². The number of carbonyl (C=O) groups is 1. The minimum Gasteiger partial charge on any atom is -0.354 e. The molecule has 112 valence electrons. The first-order valence-electron chi connectivity index (χ1n) is 6.76. The molecule has 20 heavy (non-hydrogen) atoms. The number of halogens is 2. The fourth-order valence-electron chi connectivity index (χ4n) is 2.35.